The van der Waals surface area contributed by atoms with Gasteiger partial charge in [-0.05, 0) is 31.6 Å². The second-order valence-corrected chi connectivity index (χ2v) is 9.18. The first-order valence-corrected chi connectivity index (χ1v) is 9.37. The Labute approximate surface area is 117 Å². The summed E-state index contributed by atoms with van der Waals surface area (Å²) < 4.78 is 63.1. The lowest BCUT2D eigenvalue weighted by molar-refractivity contribution is 0.000136. The van der Waals surface area contributed by atoms with Gasteiger partial charge in [0.15, 0.2) is 0 Å². The van der Waals surface area contributed by atoms with Gasteiger partial charge >= 0.3 is 0 Å². The van der Waals surface area contributed by atoms with Crippen molar-refractivity contribution in [2.75, 3.05) is 0 Å². The zero-order valence-electron chi connectivity index (χ0n) is 10.7. The molecular weight excluding hydrogens is 310 g/mol. The van der Waals surface area contributed by atoms with Crippen molar-refractivity contribution in [1.29, 1.82) is 0 Å². The first kappa shape index (κ1) is 16.1. The summed E-state index contributed by atoms with van der Waals surface area (Å²) in [6.45, 7) is 0. The molecular formula is C10H19NO7S2. The summed E-state index contributed by atoms with van der Waals surface area (Å²) >= 11 is 0. The molecule has 2 fully saturated rings. The van der Waals surface area contributed by atoms with Gasteiger partial charge in [0.1, 0.15) is 0 Å². The maximum absolute atomic E-state index is 11.2. The fourth-order valence-electron chi connectivity index (χ4n) is 3.60. The van der Waals surface area contributed by atoms with E-state index in [0.717, 1.165) is 0 Å². The van der Waals surface area contributed by atoms with Gasteiger partial charge in [-0.25, -0.2) is 0 Å². The topological polar surface area (TPSA) is 155 Å². The highest BCUT2D eigenvalue weighted by atomic mass is 32.2. The standard InChI is InChI=1S/C10H19NO7S2/c11-8-3-6(19(13,14)15)1-5-2-7(20(16,17)18)4-9(12)10(5)8/h5-10,12H,1-4,11H2,(H,13,14,15)(H,16,17,18). The largest absolute Gasteiger partial charge is 0.393 e. The van der Waals surface area contributed by atoms with Gasteiger partial charge in [0, 0.05) is 12.0 Å². The van der Waals surface area contributed by atoms with E-state index in [-0.39, 0.29) is 25.7 Å². The first-order valence-electron chi connectivity index (χ1n) is 6.36. The Kier molecular flexibility index (Phi) is 4.17. The molecule has 0 aromatic rings. The Bertz CT molecular complexity index is 522. The van der Waals surface area contributed by atoms with Crippen LogP contribution in [0.5, 0.6) is 0 Å². The smallest absolute Gasteiger partial charge is 0.267 e. The molecule has 0 spiro atoms. The molecule has 118 valence electrons. The summed E-state index contributed by atoms with van der Waals surface area (Å²) in [5.74, 6) is -0.868. The van der Waals surface area contributed by atoms with Gasteiger partial charge in [0.25, 0.3) is 20.2 Å². The van der Waals surface area contributed by atoms with E-state index in [1.54, 1.807) is 0 Å². The van der Waals surface area contributed by atoms with E-state index >= 15 is 0 Å². The Balaban J connectivity index is 2.25. The summed E-state index contributed by atoms with van der Waals surface area (Å²) in [6, 6.07) is -0.627. The molecule has 0 aliphatic heterocycles. The van der Waals surface area contributed by atoms with E-state index in [2.05, 4.69) is 0 Å². The van der Waals surface area contributed by atoms with Crippen LogP contribution in [-0.2, 0) is 20.2 Å². The molecule has 0 amide bonds. The van der Waals surface area contributed by atoms with E-state index in [1.165, 1.54) is 0 Å². The molecule has 5 N–H and O–H groups in total. The first-order chi connectivity index (χ1) is 9.00. The molecule has 0 aromatic carbocycles. The van der Waals surface area contributed by atoms with Crippen molar-refractivity contribution in [3.8, 4) is 0 Å². The average Bonchev–Trinajstić information content (AvgIpc) is 2.25. The van der Waals surface area contributed by atoms with Crippen LogP contribution in [0.2, 0.25) is 0 Å². The number of nitrogens with two attached hydrogens (primary N) is 1. The maximum Gasteiger partial charge on any atom is 0.267 e. The molecule has 0 radical (unpaired) electrons. The average molecular weight is 329 g/mol. The number of hydrogen-bond donors (Lipinski definition) is 4. The molecule has 6 unspecified atom stereocenters. The third kappa shape index (κ3) is 3.15. The Hall–Kier alpha value is -0.260. The zero-order valence-corrected chi connectivity index (χ0v) is 12.3. The lowest BCUT2D eigenvalue weighted by Crippen LogP contribution is -2.55. The number of aliphatic hydroxyl groups is 1. The van der Waals surface area contributed by atoms with E-state index < -0.39 is 54.7 Å². The number of rotatable bonds is 2. The highest BCUT2D eigenvalue weighted by Gasteiger charge is 2.49. The summed E-state index contributed by atoms with van der Waals surface area (Å²) in [5, 5.41) is 7.86. The summed E-state index contributed by atoms with van der Waals surface area (Å²) in [5.41, 5.74) is 5.87. The SMILES string of the molecule is NC1CC(S(=O)(=O)O)CC2CC(S(=O)(=O)O)CC(O)C12. The number of fused-ring (bicyclic) bond motifs is 1. The Morgan fingerprint density at radius 3 is 1.75 bits per heavy atom. The molecule has 2 aliphatic rings. The van der Waals surface area contributed by atoms with Crippen LogP contribution in [0.4, 0.5) is 0 Å². The molecule has 2 aliphatic carbocycles. The third-order valence-corrected chi connectivity index (χ3v) is 6.95. The lowest BCUT2D eigenvalue weighted by atomic mass is 9.67. The third-order valence-electron chi connectivity index (χ3n) is 4.50. The molecule has 20 heavy (non-hydrogen) atoms. The van der Waals surface area contributed by atoms with Crippen LogP contribution < -0.4 is 5.73 Å². The van der Waals surface area contributed by atoms with Crippen LogP contribution in [0.1, 0.15) is 25.7 Å². The maximum atomic E-state index is 11.2. The Morgan fingerprint density at radius 1 is 0.850 bits per heavy atom. The second kappa shape index (κ2) is 5.18. The van der Waals surface area contributed by atoms with Crippen molar-refractivity contribution in [3.63, 3.8) is 0 Å². The van der Waals surface area contributed by atoms with E-state index in [1.807, 2.05) is 0 Å². The van der Waals surface area contributed by atoms with E-state index in [0.29, 0.717) is 0 Å². The molecule has 0 heterocycles. The van der Waals surface area contributed by atoms with Gasteiger partial charge in [-0.2, -0.15) is 16.8 Å². The normalized spacial score (nSPS) is 43.0. The van der Waals surface area contributed by atoms with Gasteiger partial charge < -0.3 is 10.8 Å². The van der Waals surface area contributed by atoms with Crippen molar-refractivity contribution >= 4 is 20.2 Å². The molecule has 6 atom stereocenters. The van der Waals surface area contributed by atoms with Crippen molar-refractivity contribution in [1.82, 2.24) is 0 Å². The molecule has 8 nitrogen and oxygen atoms in total. The molecule has 0 saturated heterocycles. The van der Waals surface area contributed by atoms with E-state index in [4.69, 9.17) is 14.8 Å². The minimum absolute atomic E-state index is 0.0353. The van der Waals surface area contributed by atoms with Gasteiger partial charge in [-0.3, -0.25) is 9.11 Å². The number of hydrogen-bond acceptors (Lipinski definition) is 6. The molecule has 10 heteroatoms. The minimum atomic E-state index is -4.29. The monoisotopic (exact) mass is 329 g/mol. The van der Waals surface area contributed by atoms with Gasteiger partial charge in [-0.15, -0.1) is 0 Å². The molecule has 2 saturated carbocycles. The van der Waals surface area contributed by atoms with Gasteiger partial charge in [0.05, 0.1) is 16.6 Å². The summed E-state index contributed by atoms with van der Waals surface area (Å²) in [6.07, 6.45) is -0.990. The molecule has 2 rings (SSSR count). The Morgan fingerprint density at radius 2 is 1.30 bits per heavy atom. The highest BCUT2D eigenvalue weighted by molar-refractivity contribution is 7.86. The quantitative estimate of drug-likeness (QED) is 0.470. The van der Waals surface area contributed by atoms with Crippen molar-refractivity contribution in [2.24, 2.45) is 17.6 Å². The number of aliphatic hydroxyl groups excluding tert-OH is 1. The van der Waals surface area contributed by atoms with Gasteiger partial charge in [-0.1, -0.05) is 0 Å². The van der Waals surface area contributed by atoms with Crippen LogP contribution >= 0.6 is 0 Å². The van der Waals surface area contributed by atoms with Crippen molar-refractivity contribution in [3.05, 3.63) is 0 Å². The van der Waals surface area contributed by atoms with Crippen molar-refractivity contribution in [2.45, 2.75) is 48.3 Å². The molecule has 0 bridgehead atoms. The van der Waals surface area contributed by atoms with Gasteiger partial charge in [0.2, 0.25) is 0 Å². The van der Waals surface area contributed by atoms with Crippen molar-refractivity contribution < 1.29 is 31.0 Å². The predicted octanol–water partition coefficient (Wildman–Crippen LogP) is -0.993. The van der Waals surface area contributed by atoms with E-state index in [9.17, 15) is 21.9 Å². The van der Waals surface area contributed by atoms with Crippen LogP contribution in [0.3, 0.4) is 0 Å². The lowest BCUT2D eigenvalue weighted by Gasteiger charge is -2.46. The minimum Gasteiger partial charge on any atom is -0.393 e. The van der Waals surface area contributed by atoms with Crippen LogP contribution in [-0.4, -0.2) is 53.7 Å². The highest BCUT2D eigenvalue weighted by Crippen LogP contribution is 2.43. The summed E-state index contributed by atoms with van der Waals surface area (Å²) in [7, 11) is -8.55. The second-order valence-electron chi connectivity index (χ2n) is 5.79. The fourth-order valence-corrected chi connectivity index (χ4v) is 5.49. The van der Waals surface area contributed by atoms with Crippen LogP contribution in [0.15, 0.2) is 0 Å². The van der Waals surface area contributed by atoms with Crippen LogP contribution in [0, 0.1) is 11.8 Å². The zero-order chi connectivity index (χ0) is 15.3. The summed E-state index contributed by atoms with van der Waals surface area (Å²) in [4.78, 5) is 0. The predicted molar refractivity (Wildman–Crippen MR) is 70.1 cm³/mol. The van der Waals surface area contributed by atoms with Crippen LogP contribution in [0.25, 0.3) is 0 Å². The fraction of sp³-hybridized carbons (Fsp3) is 1.00. The molecule has 0 aromatic heterocycles.